The molecule has 3 aromatic carbocycles. The zero-order valence-electron chi connectivity index (χ0n) is 18.1. The monoisotopic (exact) mass is 459 g/mol. The van der Waals surface area contributed by atoms with Crippen LogP contribution in [0, 0.1) is 24.0 Å². The van der Waals surface area contributed by atoms with Crippen molar-refractivity contribution in [3.63, 3.8) is 0 Å². The number of nitrogens with zero attached hydrogens (tertiary/aromatic N) is 4. The first-order chi connectivity index (χ1) is 15.9. The highest BCUT2D eigenvalue weighted by molar-refractivity contribution is 7.99. The van der Waals surface area contributed by atoms with Crippen LogP contribution in [0.5, 0.6) is 0 Å². The molecule has 8 nitrogen and oxygen atoms in total. The van der Waals surface area contributed by atoms with Gasteiger partial charge < -0.3 is 5.32 Å². The highest BCUT2D eigenvalue weighted by Gasteiger charge is 2.18. The van der Waals surface area contributed by atoms with E-state index in [0.29, 0.717) is 16.5 Å². The van der Waals surface area contributed by atoms with Gasteiger partial charge in [0.05, 0.1) is 10.7 Å². The van der Waals surface area contributed by atoms with Crippen LogP contribution in [0.4, 0.5) is 11.4 Å². The van der Waals surface area contributed by atoms with E-state index in [1.807, 2.05) is 66.9 Å². The van der Waals surface area contributed by atoms with Crippen molar-refractivity contribution in [3.8, 4) is 17.1 Å². The highest BCUT2D eigenvalue weighted by Crippen LogP contribution is 2.29. The van der Waals surface area contributed by atoms with Crippen LogP contribution in [0.15, 0.2) is 78.0 Å². The van der Waals surface area contributed by atoms with E-state index < -0.39 is 4.92 Å². The average molecular weight is 460 g/mol. The zero-order valence-corrected chi connectivity index (χ0v) is 18.9. The number of carbonyl (C=O) groups is 1. The number of aromatic nitrogens is 3. The summed E-state index contributed by atoms with van der Waals surface area (Å²) in [7, 11) is 0. The van der Waals surface area contributed by atoms with Gasteiger partial charge in [-0.15, -0.1) is 10.2 Å². The quantitative estimate of drug-likeness (QED) is 0.232. The summed E-state index contributed by atoms with van der Waals surface area (Å²) in [4.78, 5) is 23.1. The first-order valence-electron chi connectivity index (χ1n) is 10.2. The summed E-state index contributed by atoms with van der Waals surface area (Å²) in [6, 6.07) is 21.6. The Morgan fingerprint density at radius 1 is 1.00 bits per heavy atom. The third-order valence-corrected chi connectivity index (χ3v) is 5.75. The molecule has 4 aromatic rings. The van der Waals surface area contributed by atoms with Crippen molar-refractivity contribution in [2.45, 2.75) is 19.0 Å². The molecule has 0 saturated heterocycles. The van der Waals surface area contributed by atoms with Crippen molar-refractivity contribution in [1.29, 1.82) is 0 Å². The number of thioether (sulfide) groups is 1. The predicted molar refractivity (Wildman–Crippen MR) is 129 cm³/mol. The minimum atomic E-state index is -0.443. The second-order valence-electron chi connectivity index (χ2n) is 7.49. The fraction of sp³-hybridized carbons (Fsp3) is 0.125. The van der Waals surface area contributed by atoms with Gasteiger partial charge in [-0.1, -0.05) is 36.0 Å². The Hall–Kier alpha value is -3.98. The van der Waals surface area contributed by atoms with Gasteiger partial charge in [-0.25, -0.2) is 0 Å². The molecule has 0 bridgehead atoms. The van der Waals surface area contributed by atoms with Crippen LogP contribution in [-0.2, 0) is 4.79 Å². The Morgan fingerprint density at radius 3 is 2.30 bits per heavy atom. The number of hydrogen-bond donors (Lipinski definition) is 1. The number of hydrogen-bond acceptors (Lipinski definition) is 6. The number of amides is 1. The Kier molecular flexibility index (Phi) is 6.50. The van der Waals surface area contributed by atoms with Gasteiger partial charge >= 0.3 is 0 Å². The van der Waals surface area contributed by atoms with E-state index in [0.717, 1.165) is 22.5 Å². The molecule has 1 N–H and O–H groups in total. The summed E-state index contributed by atoms with van der Waals surface area (Å²) < 4.78 is 1.84. The van der Waals surface area contributed by atoms with Crippen molar-refractivity contribution >= 4 is 29.0 Å². The van der Waals surface area contributed by atoms with Crippen LogP contribution >= 0.6 is 11.8 Å². The van der Waals surface area contributed by atoms with E-state index in [9.17, 15) is 14.9 Å². The fourth-order valence-electron chi connectivity index (χ4n) is 3.47. The molecule has 0 unspecified atom stereocenters. The predicted octanol–water partition coefficient (Wildman–Crippen LogP) is 5.19. The second-order valence-corrected chi connectivity index (χ2v) is 8.44. The van der Waals surface area contributed by atoms with Crippen LogP contribution in [0.3, 0.4) is 0 Å². The first-order valence-corrected chi connectivity index (χ1v) is 11.2. The number of carbonyl (C=O) groups excluding carboxylic acids is 1. The van der Waals surface area contributed by atoms with Crippen molar-refractivity contribution < 1.29 is 9.72 Å². The van der Waals surface area contributed by atoms with Crippen molar-refractivity contribution in [2.24, 2.45) is 0 Å². The van der Waals surface area contributed by atoms with E-state index in [1.165, 1.54) is 23.9 Å². The molecule has 0 aliphatic heterocycles. The number of aryl methyl sites for hydroxylation is 2. The summed E-state index contributed by atoms with van der Waals surface area (Å²) in [6.07, 6.45) is 0. The van der Waals surface area contributed by atoms with Gasteiger partial charge in [0.15, 0.2) is 11.0 Å². The Bertz CT molecular complexity index is 1280. The zero-order chi connectivity index (χ0) is 23.4. The van der Waals surface area contributed by atoms with E-state index in [1.54, 1.807) is 12.1 Å². The largest absolute Gasteiger partial charge is 0.325 e. The molecule has 1 heterocycles. The lowest BCUT2D eigenvalue weighted by Crippen LogP contribution is -2.14. The summed E-state index contributed by atoms with van der Waals surface area (Å²) in [5.74, 6) is 0.538. The average Bonchev–Trinajstić information content (AvgIpc) is 3.21. The van der Waals surface area contributed by atoms with Gasteiger partial charge in [0.1, 0.15) is 0 Å². The number of anilines is 1. The standard InChI is InChI=1S/C24H21N5O3S/c1-16-12-17(2)14-19(13-16)25-22(30)15-33-24-27-26-23(28(24)20-6-4-3-5-7-20)18-8-10-21(11-9-18)29(31)32/h3-14H,15H2,1-2H3,(H,25,30). The van der Waals surface area contributed by atoms with Gasteiger partial charge in [-0.05, 0) is 61.4 Å². The molecule has 166 valence electrons. The van der Waals surface area contributed by atoms with Crippen molar-refractivity contribution in [3.05, 3.63) is 94.0 Å². The lowest BCUT2D eigenvalue weighted by atomic mass is 10.1. The van der Waals surface area contributed by atoms with Crippen LogP contribution in [0.2, 0.25) is 0 Å². The maximum absolute atomic E-state index is 12.6. The smallest absolute Gasteiger partial charge is 0.269 e. The molecule has 0 atom stereocenters. The summed E-state index contributed by atoms with van der Waals surface area (Å²) in [6.45, 7) is 3.97. The molecule has 0 saturated carbocycles. The molecule has 33 heavy (non-hydrogen) atoms. The molecule has 0 aliphatic carbocycles. The lowest BCUT2D eigenvalue weighted by molar-refractivity contribution is -0.384. The van der Waals surface area contributed by atoms with Gasteiger partial charge in [-0.2, -0.15) is 0 Å². The third-order valence-electron chi connectivity index (χ3n) is 4.82. The number of rotatable bonds is 7. The second kappa shape index (κ2) is 9.66. The highest BCUT2D eigenvalue weighted by atomic mass is 32.2. The van der Waals surface area contributed by atoms with Crippen LogP contribution in [0.1, 0.15) is 11.1 Å². The number of nitro groups is 1. The Labute approximate surface area is 194 Å². The molecule has 0 aliphatic rings. The molecular formula is C24H21N5O3S. The van der Waals surface area contributed by atoms with Crippen LogP contribution in [0.25, 0.3) is 17.1 Å². The minimum absolute atomic E-state index is 0.00202. The van der Waals surface area contributed by atoms with Gasteiger partial charge in [-0.3, -0.25) is 19.5 Å². The van der Waals surface area contributed by atoms with Crippen molar-refractivity contribution in [2.75, 3.05) is 11.1 Å². The van der Waals surface area contributed by atoms with Crippen LogP contribution < -0.4 is 5.32 Å². The molecule has 0 radical (unpaired) electrons. The van der Waals surface area contributed by atoms with Gasteiger partial charge in [0.25, 0.3) is 5.69 Å². The minimum Gasteiger partial charge on any atom is -0.325 e. The number of para-hydroxylation sites is 1. The number of non-ortho nitro benzene ring substituents is 1. The van der Waals surface area contributed by atoms with Crippen LogP contribution in [-0.4, -0.2) is 31.3 Å². The Morgan fingerprint density at radius 2 is 1.67 bits per heavy atom. The maximum Gasteiger partial charge on any atom is 0.269 e. The molecule has 0 spiro atoms. The van der Waals surface area contributed by atoms with E-state index in [-0.39, 0.29) is 17.3 Å². The van der Waals surface area contributed by atoms with Gasteiger partial charge in [0.2, 0.25) is 5.91 Å². The topological polar surface area (TPSA) is 103 Å². The van der Waals surface area contributed by atoms with E-state index >= 15 is 0 Å². The molecule has 1 amide bonds. The fourth-order valence-corrected chi connectivity index (χ4v) is 4.22. The summed E-state index contributed by atoms with van der Waals surface area (Å²) >= 11 is 1.27. The molecule has 0 fully saturated rings. The lowest BCUT2D eigenvalue weighted by Gasteiger charge is -2.11. The summed E-state index contributed by atoms with van der Waals surface area (Å²) in [5, 5.41) is 23.1. The third kappa shape index (κ3) is 5.27. The molecule has 9 heteroatoms. The SMILES string of the molecule is Cc1cc(C)cc(NC(=O)CSc2nnc(-c3ccc([N+](=O)[O-])cc3)n2-c2ccccc2)c1. The van der Waals surface area contributed by atoms with E-state index in [4.69, 9.17) is 0 Å². The van der Waals surface area contributed by atoms with E-state index in [2.05, 4.69) is 15.5 Å². The number of nitro benzene ring substituents is 1. The molecule has 1 aromatic heterocycles. The number of nitrogens with one attached hydrogen (secondary N) is 1. The Balaban J connectivity index is 1.59. The maximum atomic E-state index is 12.6. The normalized spacial score (nSPS) is 10.7. The summed E-state index contributed by atoms with van der Waals surface area (Å²) in [5.41, 5.74) is 4.43. The van der Waals surface area contributed by atoms with Crippen molar-refractivity contribution in [1.82, 2.24) is 14.8 Å². The first kappa shape index (κ1) is 22.2. The molecule has 4 rings (SSSR count). The van der Waals surface area contributed by atoms with Gasteiger partial charge in [0, 0.05) is 29.1 Å². The molecular weight excluding hydrogens is 438 g/mol. The number of benzene rings is 3.